The molecule has 0 bridgehead atoms. The Kier molecular flexibility index (Phi) is 5.69. The minimum absolute atomic E-state index is 0.339. The molecule has 0 spiro atoms. The molecule has 0 aliphatic heterocycles. The van der Waals surface area contributed by atoms with Crippen molar-refractivity contribution in [1.29, 1.82) is 0 Å². The molecule has 6 nitrogen and oxygen atoms in total. The first-order valence-electron chi connectivity index (χ1n) is 10.0. The van der Waals surface area contributed by atoms with Crippen molar-refractivity contribution in [3.05, 3.63) is 111 Å². The van der Waals surface area contributed by atoms with Crippen molar-refractivity contribution in [1.82, 2.24) is 9.78 Å². The van der Waals surface area contributed by atoms with Gasteiger partial charge in [0.1, 0.15) is 11.3 Å². The van der Waals surface area contributed by atoms with Gasteiger partial charge in [0.15, 0.2) is 0 Å². The number of nitrogens with one attached hydrogen (secondary N) is 1. The van der Waals surface area contributed by atoms with Gasteiger partial charge in [0.2, 0.25) is 0 Å². The largest absolute Gasteiger partial charge is 0.422 e. The molecule has 5 aromatic rings. The number of nitrogens with zero attached hydrogens (tertiary/aromatic N) is 3. The van der Waals surface area contributed by atoms with Crippen molar-refractivity contribution in [3.8, 4) is 16.9 Å². The molecular weight excluding hydrogens is 459 g/mol. The van der Waals surface area contributed by atoms with E-state index in [-0.39, 0.29) is 0 Å². The third-order valence-corrected chi connectivity index (χ3v) is 5.54. The maximum atomic E-state index is 12.8. The molecule has 0 saturated carbocycles. The van der Waals surface area contributed by atoms with Gasteiger partial charge in [0.05, 0.1) is 28.2 Å². The van der Waals surface area contributed by atoms with Gasteiger partial charge in [-0.1, -0.05) is 59.6 Å². The molecule has 0 fully saturated rings. The summed E-state index contributed by atoms with van der Waals surface area (Å²) in [7, 11) is 0. The monoisotopic (exact) mass is 474 g/mol. The number of hydrazone groups is 1. The zero-order valence-corrected chi connectivity index (χ0v) is 18.6. The van der Waals surface area contributed by atoms with Crippen LogP contribution in [0.2, 0.25) is 10.0 Å². The lowest BCUT2D eigenvalue weighted by molar-refractivity contribution is 0.563. The fraction of sp³-hybridized carbons (Fsp3) is 0. The molecule has 0 radical (unpaired) electrons. The second kappa shape index (κ2) is 8.94. The highest BCUT2D eigenvalue weighted by Crippen LogP contribution is 2.26. The van der Waals surface area contributed by atoms with E-state index < -0.39 is 5.63 Å². The molecule has 2 heterocycles. The average Bonchev–Trinajstić information content (AvgIpc) is 3.25. The lowest BCUT2D eigenvalue weighted by Gasteiger charge is -2.03. The van der Waals surface area contributed by atoms with E-state index in [1.54, 1.807) is 47.4 Å². The molecule has 162 valence electrons. The third kappa shape index (κ3) is 4.39. The first-order valence-corrected chi connectivity index (χ1v) is 10.8. The topological polar surface area (TPSA) is 72.4 Å². The number of hydrogen-bond acceptors (Lipinski definition) is 5. The molecule has 0 unspecified atom stereocenters. The first kappa shape index (κ1) is 21.0. The molecular formula is C25H16Cl2N4O2. The predicted molar refractivity (Wildman–Crippen MR) is 133 cm³/mol. The Bertz CT molecular complexity index is 1540. The maximum Gasteiger partial charge on any atom is 0.345 e. The molecule has 8 heteroatoms. The van der Waals surface area contributed by atoms with Gasteiger partial charge in [0.25, 0.3) is 0 Å². The lowest BCUT2D eigenvalue weighted by Crippen LogP contribution is -2.05. The van der Waals surface area contributed by atoms with Gasteiger partial charge < -0.3 is 4.42 Å². The van der Waals surface area contributed by atoms with Crippen LogP contribution in [0, 0.1) is 0 Å². The fourth-order valence-electron chi connectivity index (χ4n) is 3.39. The highest BCUT2D eigenvalue weighted by molar-refractivity contribution is 6.35. The van der Waals surface area contributed by atoms with Gasteiger partial charge in [-0.05, 0) is 42.5 Å². The van der Waals surface area contributed by atoms with E-state index in [2.05, 4.69) is 15.6 Å². The van der Waals surface area contributed by atoms with Gasteiger partial charge in [-0.2, -0.15) is 10.2 Å². The fourth-order valence-corrected chi connectivity index (χ4v) is 3.72. The van der Waals surface area contributed by atoms with Crippen molar-refractivity contribution in [2.45, 2.75) is 0 Å². The van der Waals surface area contributed by atoms with Gasteiger partial charge in [-0.15, -0.1) is 0 Å². The standard InChI is InChI=1S/C25H16Cl2N4O2/c26-18-10-11-21(27)22(13-18)29-28-14-17-15-31(19-7-2-1-3-8-19)30-24(17)20-12-16-6-4-5-9-23(16)33-25(20)32/h1-15,29H/b28-14+. The summed E-state index contributed by atoms with van der Waals surface area (Å²) in [6.45, 7) is 0. The van der Waals surface area contributed by atoms with Crippen LogP contribution in [0.5, 0.6) is 0 Å². The smallest absolute Gasteiger partial charge is 0.345 e. The van der Waals surface area contributed by atoms with Crippen molar-refractivity contribution in [3.63, 3.8) is 0 Å². The van der Waals surface area contributed by atoms with Crippen LogP contribution in [0.15, 0.2) is 99.4 Å². The molecule has 0 aliphatic carbocycles. The van der Waals surface area contributed by atoms with E-state index in [9.17, 15) is 4.79 Å². The predicted octanol–water partition coefficient (Wildman–Crippen LogP) is 6.40. The molecule has 1 N–H and O–H groups in total. The summed E-state index contributed by atoms with van der Waals surface area (Å²) in [5, 5.41) is 10.8. The van der Waals surface area contributed by atoms with Gasteiger partial charge in [-0.3, -0.25) is 5.43 Å². The van der Waals surface area contributed by atoms with Crippen LogP contribution in [0.1, 0.15) is 5.56 Å². The van der Waals surface area contributed by atoms with Crippen molar-refractivity contribution in [2.75, 3.05) is 5.43 Å². The number of fused-ring (bicyclic) bond motifs is 1. The lowest BCUT2D eigenvalue weighted by atomic mass is 10.1. The van der Waals surface area contributed by atoms with E-state index in [0.717, 1.165) is 11.1 Å². The number of halogens is 2. The summed E-state index contributed by atoms with van der Waals surface area (Å²) in [4.78, 5) is 12.8. The van der Waals surface area contributed by atoms with E-state index in [4.69, 9.17) is 27.6 Å². The van der Waals surface area contributed by atoms with Crippen LogP contribution < -0.4 is 11.1 Å². The number of anilines is 1. The molecule has 0 saturated heterocycles. The Hall–Kier alpha value is -3.87. The summed E-state index contributed by atoms with van der Waals surface area (Å²) >= 11 is 12.2. The van der Waals surface area contributed by atoms with Crippen LogP contribution in [0.4, 0.5) is 5.69 Å². The second-order valence-electron chi connectivity index (χ2n) is 7.19. The Morgan fingerprint density at radius 3 is 2.61 bits per heavy atom. The van der Waals surface area contributed by atoms with Crippen LogP contribution >= 0.6 is 23.2 Å². The van der Waals surface area contributed by atoms with Crippen LogP contribution in [-0.4, -0.2) is 16.0 Å². The molecule has 3 aromatic carbocycles. The second-order valence-corrected chi connectivity index (χ2v) is 8.04. The van der Waals surface area contributed by atoms with Gasteiger partial charge in [-0.25, -0.2) is 9.48 Å². The maximum absolute atomic E-state index is 12.8. The van der Waals surface area contributed by atoms with E-state index in [1.165, 1.54) is 0 Å². The first-order chi connectivity index (χ1) is 16.1. The summed E-state index contributed by atoms with van der Waals surface area (Å²) in [6, 6.07) is 23.8. The number of rotatable bonds is 5. The molecule has 0 atom stereocenters. The van der Waals surface area contributed by atoms with Crippen LogP contribution in [-0.2, 0) is 0 Å². The van der Waals surface area contributed by atoms with Crippen LogP contribution in [0.3, 0.4) is 0 Å². The Balaban J connectivity index is 1.59. The number of aromatic nitrogens is 2. The Morgan fingerprint density at radius 2 is 1.76 bits per heavy atom. The number of hydrogen-bond donors (Lipinski definition) is 1. The molecule has 0 amide bonds. The summed E-state index contributed by atoms with van der Waals surface area (Å²) in [6.07, 6.45) is 3.37. The minimum Gasteiger partial charge on any atom is -0.422 e. The summed E-state index contributed by atoms with van der Waals surface area (Å²) in [5.74, 6) is 0. The minimum atomic E-state index is -0.479. The SMILES string of the molecule is O=c1oc2ccccc2cc1-c1nn(-c2ccccc2)cc1/C=N/Nc1cc(Cl)ccc1Cl. The zero-order chi connectivity index (χ0) is 22.8. The zero-order valence-electron chi connectivity index (χ0n) is 17.1. The average molecular weight is 475 g/mol. The van der Waals surface area contributed by atoms with Crippen molar-refractivity contribution >= 4 is 46.1 Å². The quantitative estimate of drug-likeness (QED) is 0.181. The van der Waals surface area contributed by atoms with Gasteiger partial charge >= 0.3 is 5.63 Å². The molecule has 0 aliphatic rings. The highest BCUT2D eigenvalue weighted by Gasteiger charge is 2.16. The summed E-state index contributed by atoms with van der Waals surface area (Å²) in [5.41, 5.74) is 5.73. The Labute approximate surface area is 198 Å². The highest BCUT2D eigenvalue weighted by atomic mass is 35.5. The number of benzene rings is 3. The van der Waals surface area contributed by atoms with Crippen LogP contribution in [0.25, 0.3) is 27.9 Å². The van der Waals surface area contributed by atoms with E-state index in [1.807, 2.05) is 48.5 Å². The Morgan fingerprint density at radius 1 is 0.970 bits per heavy atom. The number of para-hydroxylation sites is 2. The molecule has 33 heavy (non-hydrogen) atoms. The van der Waals surface area contributed by atoms with E-state index >= 15 is 0 Å². The van der Waals surface area contributed by atoms with E-state index in [0.29, 0.717) is 38.1 Å². The third-order valence-electron chi connectivity index (χ3n) is 4.98. The molecule has 2 aromatic heterocycles. The normalized spacial score (nSPS) is 11.3. The summed E-state index contributed by atoms with van der Waals surface area (Å²) < 4.78 is 7.21. The van der Waals surface area contributed by atoms with Crippen molar-refractivity contribution < 1.29 is 4.42 Å². The van der Waals surface area contributed by atoms with Gasteiger partial charge in [0, 0.05) is 22.2 Å². The van der Waals surface area contributed by atoms with Crippen molar-refractivity contribution in [2.24, 2.45) is 5.10 Å². The molecule has 5 rings (SSSR count).